The van der Waals surface area contributed by atoms with Crippen LogP contribution in [0.4, 0.5) is 0 Å². The molecule has 0 radical (unpaired) electrons. The van der Waals surface area contributed by atoms with Crippen molar-refractivity contribution in [1.82, 2.24) is 5.32 Å². The van der Waals surface area contributed by atoms with E-state index in [1.54, 1.807) is 18.2 Å². The minimum atomic E-state index is -0.414. The van der Waals surface area contributed by atoms with Crippen molar-refractivity contribution in [2.45, 2.75) is 0 Å². The summed E-state index contributed by atoms with van der Waals surface area (Å²) in [5.41, 5.74) is 0.654. The van der Waals surface area contributed by atoms with Gasteiger partial charge in [0.1, 0.15) is 11.7 Å². The lowest BCUT2D eigenvalue weighted by atomic mass is 10.1. The Morgan fingerprint density at radius 1 is 1.29 bits per heavy atom. The Morgan fingerprint density at radius 3 is 2.79 bits per heavy atom. The molecule has 0 aliphatic carbocycles. The normalized spacial score (nSPS) is 13.8. The first-order valence-electron chi connectivity index (χ1n) is 3.96. The second-order valence-electron chi connectivity index (χ2n) is 2.74. The average molecular weight is 209 g/mol. The molecule has 5 heteroatoms. The molecule has 1 aliphatic rings. The molecule has 14 heavy (non-hydrogen) atoms. The second kappa shape index (κ2) is 3.34. The van der Waals surface area contributed by atoms with E-state index >= 15 is 0 Å². The summed E-state index contributed by atoms with van der Waals surface area (Å²) in [4.78, 5) is 22.6. The molecule has 0 unspecified atom stereocenters. The van der Waals surface area contributed by atoms with E-state index in [0.717, 1.165) is 0 Å². The highest BCUT2D eigenvalue weighted by Crippen LogP contribution is 2.26. The Kier molecular flexibility index (Phi) is 2.17. The SMILES string of the molecule is O=C1NC(=O)c2c(OCS)cccc21. The fourth-order valence-electron chi connectivity index (χ4n) is 1.38. The third-order valence-corrected chi connectivity index (χ3v) is 2.07. The molecule has 72 valence electrons. The van der Waals surface area contributed by atoms with E-state index in [9.17, 15) is 9.59 Å². The second-order valence-corrected chi connectivity index (χ2v) is 2.99. The molecule has 0 fully saturated rings. The number of fused-ring (bicyclic) bond motifs is 1. The number of nitrogens with one attached hydrogen (secondary N) is 1. The van der Waals surface area contributed by atoms with Crippen molar-refractivity contribution < 1.29 is 14.3 Å². The maximum absolute atomic E-state index is 11.3. The smallest absolute Gasteiger partial charge is 0.262 e. The van der Waals surface area contributed by atoms with Crippen molar-refractivity contribution >= 4 is 24.4 Å². The molecule has 1 heterocycles. The van der Waals surface area contributed by atoms with Crippen molar-refractivity contribution in [3.8, 4) is 5.75 Å². The highest BCUT2D eigenvalue weighted by atomic mass is 32.1. The van der Waals surface area contributed by atoms with Gasteiger partial charge < -0.3 is 4.74 Å². The molecular formula is C9H7NO3S. The fraction of sp³-hybridized carbons (Fsp3) is 0.111. The summed E-state index contributed by atoms with van der Waals surface area (Å²) in [6.07, 6.45) is 0. The summed E-state index contributed by atoms with van der Waals surface area (Å²) >= 11 is 3.89. The van der Waals surface area contributed by atoms with Crippen LogP contribution in [0.2, 0.25) is 0 Å². The van der Waals surface area contributed by atoms with Gasteiger partial charge in [-0.1, -0.05) is 6.07 Å². The standard InChI is InChI=1S/C9H7NO3S/c11-8-5-2-1-3-6(13-4-14)7(5)9(12)10-8/h1-3,14H,4H2,(H,10,11,12). The van der Waals surface area contributed by atoms with Crippen LogP contribution >= 0.6 is 12.6 Å². The summed E-state index contributed by atoms with van der Waals surface area (Å²) in [5, 5.41) is 2.20. The van der Waals surface area contributed by atoms with E-state index in [2.05, 4.69) is 17.9 Å². The molecule has 2 amide bonds. The summed E-state index contributed by atoms with van der Waals surface area (Å²) < 4.78 is 5.12. The third-order valence-electron chi connectivity index (χ3n) is 1.95. The molecule has 0 aromatic heterocycles. The summed E-state index contributed by atoms with van der Waals surface area (Å²) in [6.45, 7) is 0. The van der Waals surface area contributed by atoms with Gasteiger partial charge >= 0.3 is 0 Å². The van der Waals surface area contributed by atoms with Crippen molar-refractivity contribution in [1.29, 1.82) is 0 Å². The van der Waals surface area contributed by atoms with Gasteiger partial charge in [-0.3, -0.25) is 14.9 Å². The number of ether oxygens (including phenoxy) is 1. The number of benzene rings is 1. The van der Waals surface area contributed by atoms with Crippen LogP contribution in [0.25, 0.3) is 0 Å². The van der Waals surface area contributed by atoms with Gasteiger partial charge in [-0.05, 0) is 12.1 Å². The zero-order chi connectivity index (χ0) is 10.1. The van der Waals surface area contributed by atoms with Crippen LogP contribution < -0.4 is 10.1 Å². The third kappa shape index (κ3) is 1.26. The highest BCUT2D eigenvalue weighted by Gasteiger charge is 2.29. The summed E-state index contributed by atoms with van der Waals surface area (Å²) in [6, 6.07) is 4.88. The molecular weight excluding hydrogens is 202 g/mol. The van der Waals surface area contributed by atoms with E-state index < -0.39 is 5.91 Å². The van der Waals surface area contributed by atoms with Gasteiger partial charge in [-0.2, -0.15) is 0 Å². The largest absolute Gasteiger partial charge is 0.482 e. The Morgan fingerprint density at radius 2 is 2.07 bits per heavy atom. The lowest BCUT2D eigenvalue weighted by molar-refractivity contribution is 0.0879. The van der Waals surface area contributed by atoms with Crippen LogP contribution in [0.15, 0.2) is 18.2 Å². The topological polar surface area (TPSA) is 55.4 Å². The quantitative estimate of drug-likeness (QED) is 0.431. The van der Waals surface area contributed by atoms with Gasteiger partial charge in [0.05, 0.1) is 11.1 Å². The van der Waals surface area contributed by atoms with Crippen molar-refractivity contribution in [2.75, 3.05) is 5.94 Å². The predicted octanol–water partition coefficient (Wildman–Crippen LogP) is 0.836. The monoisotopic (exact) mass is 209 g/mol. The number of hydrogen-bond acceptors (Lipinski definition) is 4. The molecule has 1 aromatic carbocycles. The lowest BCUT2D eigenvalue weighted by Gasteiger charge is -2.04. The first-order valence-corrected chi connectivity index (χ1v) is 4.59. The molecule has 4 nitrogen and oxygen atoms in total. The highest BCUT2D eigenvalue weighted by molar-refractivity contribution is 7.80. The Bertz CT molecular complexity index is 417. The van der Waals surface area contributed by atoms with Gasteiger partial charge in [-0.25, -0.2) is 0 Å². The Hall–Kier alpha value is -1.49. The number of carbonyl (C=O) groups excluding carboxylic acids is 2. The Labute approximate surface area is 85.7 Å². The summed E-state index contributed by atoms with van der Waals surface area (Å²) in [5.74, 6) is -0.240. The van der Waals surface area contributed by atoms with E-state index in [4.69, 9.17) is 4.74 Å². The zero-order valence-corrected chi connectivity index (χ0v) is 8.01. The maximum Gasteiger partial charge on any atom is 0.262 e. The molecule has 1 aliphatic heterocycles. The molecule has 0 spiro atoms. The van der Waals surface area contributed by atoms with Crippen LogP contribution in [0.3, 0.4) is 0 Å². The van der Waals surface area contributed by atoms with Gasteiger partial charge in [0, 0.05) is 0 Å². The predicted molar refractivity (Wildman–Crippen MR) is 52.7 cm³/mol. The minimum absolute atomic E-state index is 0.165. The zero-order valence-electron chi connectivity index (χ0n) is 7.11. The number of carbonyl (C=O) groups is 2. The number of imide groups is 1. The molecule has 2 rings (SSSR count). The molecule has 1 N–H and O–H groups in total. The molecule has 1 aromatic rings. The first kappa shape index (κ1) is 9.08. The Balaban J connectivity index is 2.56. The van der Waals surface area contributed by atoms with E-state index in [1.807, 2.05) is 0 Å². The van der Waals surface area contributed by atoms with Crippen molar-refractivity contribution in [3.63, 3.8) is 0 Å². The van der Waals surface area contributed by atoms with E-state index in [-0.39, 0.29) is 11.8 Å². The van der Waals surface area contributed by atoms with E-state index in [1.165, 1.54) is 0 Å². The maximum atomic E-state index is 11.3. The van der Waals surface area contributed by atoms with Crippen molar-refractivity contribution in [3.05, 3.63) is 29.3 Å². The van der Waals surface area contributed by atoms with Crippen molar-refractivity contribution in [2.24, 2.45) is 0 Å². The van der Waals surface area contributed by atoms with Gasteiger partial charge in [0.2, 0.25) is 0 Å². The fourth-order valence-corrected chi connectivity index (χ4v) is 1.52. The van der Waals surface area contributed by atoms with Crippen LogP contribution in [-0.2, 0) is 0 Å². The lowest BCUT2D eigenvalue weighted by Crippen LogP contribution is -2.20. The van der Waals surface area contributed by atoms with Crippen LogP contribution in [0.5, 0.6) is 5.75 Å². The molecule has 0 saturated carbocycles. The van der Waals surface area contributed by atoms with Crippen LogP contribution in [0, 0.1) is 0 Å². The van der Waals surface area contributed by atoms with Gasteiger partial charge in [0.25, 0.3) is 11.8 Å². The van der Waals surface area contributed by atoms with E-state index in [0.29, 0.717) is 16.9 Å². The molecule has 0 saturated heterocycles. The van der Waals surface area contributed by atoms with Gasteiger partial charge in [0.15, 0.2) is 0 Å². The minimum Gasteiger partial charge on any atom is -0.482 e. The number of rotatable bonds is 2. The molecule has 0 atom stereocenters. The number of hydrogen-bond donors (Lipinski definition) is 2. The van der Waals surface area contributed by atoms with Crippen LogP contribution in [-0.4, -0.2) is 17.8 Å². The van der Waals surface area contributed by atoms with Gasteiger partial charge in [-0.15, -0.1) is 12.6 Å². The first-order chi connectivity index (χ1) is 6.74. The number of thiol groups is 1. The summed E-state index contributed by atoms with van der Waals surface area (Å²) in [7, 11) is 0. The average Bonchev–Trinajstić information content (AvgIpc) is 2.44. The van der Waals surface area contributed by atoms with Crippen LogP contribution in [0.1, 0.15) is 20.7 Å². The number of amides is 2. The molecule has 0 bridgehead atoms.